The smallest absolute Gasteiger partial charge is 0.0889 e. The maximum Gasteiger partial charge on any atom is 0.0889 e. The number of hydrogen-bond acceptors (Lipinski definition) is 2. The molecule has 0 spiro atoms. The van der Waals surface area contributed by atoms with E-state index in [-0.39, 0.29) is 6.04 Å². The molecule has 164 valence electrons. The molecule has 4 rings (SSSR count). The molecule has 4 aliphatic carbocycles. The first-order valence-electron chi connectivity index (χ1n) is 12.9. The Morgan fingerprint density at radius 1 is 1.00 bits per heavy atom. The van der Waals surface area contributed by atoms with Gasteiger partial charge in [-0.1, -0.05) is 65.5 Å². The van der Waals surface area contributed by atoms with Gasteiger partial charge in [-0.25, -0.2) is 5.53 Å². The highest BCUT2D eigenvalue weighted by Gasteiger charge is 2.59. The van der Waals surface area contributed by atoms with Gasteiger partial charge in [-0.3, -0.25) is 0 Å². The molecule has 0 aromatic rings. The Morgan fingerprint density at radius 3 is 2.52 bits per heavy atom. The number of nitrogens with zero attached hydrogens (tertiary/aromatic N) is 1. The molecule has 29 heavy (non-hydrogen) atoms. The van der Waals surface area contributed by atoms with E-state index in [4.69, 9.17) is 5.53 Å². The maximum absolute atomic E-state index is 7.49. The van der Waals surface area contributed by atoms with Gasteiger partial charge in [0, 0.05) is 0 Å². The Morgan fingerprint density at radius 2 is 1.79 bits per heavy atom. The van der Waals surface area contributed by atoms with E-state index < -0.39 is 0 Å². The third kappa shape index (κ3) is 3.65. The van der Waals surface area contributed by atoms with Gasteiger partial charge in [0.25, 0.3) is 0 Å². The maximum atomic E-state index is 7.49. The van der Waals surface area contributed by atoms with Gasteiger partial charge in [0.15, 0.2) is 0 Å². The molecule has 2 heteroatoms. The van der Waals surface area contributed by atoms with Crippen LogP contribution in [0.4, 0.5) is 0 Å². The van der Waals surface area contributed by atoms with Crippen LogP contribution in [0.2, 0.25) is 0 Å². The lowest BCUT2D eigenvalue weighted by Gasteiger charge is -2.59. The van der Waals surface area contributed by atoms with Gasteiger partial charge in [0.2, 0.25) is 0 Å². The topological polar surface area (TPSA) is 36.2 Å². The molecule has 0 saturated heterocycles. The Labute approximate surface area is 180 Å². The summed E-state index contributed by atoms with van der Waals surface area (Å²) in [5, 5.41) is 3.88. The van der Waals surface area contributed by atoms with Crippen LogP contribution in [0.25, 0.3) is 0 Å². The van der Waals surface area contributed by atoms with Crippen molar-refractivity contribution in [3.63, 3.8) is 0 Å². The molecule has 0 amide bonds. The molecular weight excluding hydrogens is 352 g/mol. The third-order valence-corrected chi connectivity index (χ3v) is 10.5. The van der Waals surface area contributed by atoms with E-state index in [1.165, 1.54) is 64.2 Å². The van der Waals surface area contributed by atoms with E-state index in [0.29, 0.717) is 10.8 Å². The number of fused-ring (bicyclic) bond motifs is 5. The predicted molar refractivity (Wildman–Crippen MR) is 122 cm³/mol. The van der Waals surface area contributed by atoms with Crippen LogP contribution in [0, 0.1) is 51.9 Å². The summed E-state index contributed by atoms with van der Waals surface area (Å²) >= 11 is 0. The highest BCUT2D eigenvalue weighted by atomic mass is 15.0. The first kappa shape index (κ1) is 21.6. The van der Waals surface area contributed by atoms with Crippen molar-refractivity contribution in [2.75, 3.05) is 0 Å². The van der Waals surface area contributed by atoms with Crippen LogP contribution in [0.3, 0.4) is 0 Å². The molecule has 4 aliphatic rings. The van der Waals surface area contributed by atoms with E-state index in [1.54, 1.807) is 5.57 Å². The van der Waals surface area contributed by atoms with Gasteiger partial charge in [0.05, 0.1) is 6.04 Å². The van der Waals surface area contributed by atoms with E-state index in [1.807, 2.05) is 0 Å². The molecule has 0 unspecified atom stereocenters. The minimum atomic E-state index is 0.172. The molecule has 1 N–H and O–H groups in total. The summed E-state index contributed by atoms with van der Waals surface area (Å²) in [6.07, 6.45) is 17.6. The zero-order valence-corrected chi connectivity index (χ0v) is 19.8. The highest BCUT2D eigenvalue weighted by molar-refractivity contribution is 5.26. The van der Waals surface area contributed by atoms with Gasteiger partial charge < -0.3 is 0 Å². The van der Waals surface area contributed by atoms with Crippen molar-refractivity contribution >= 4 is 0 Å². The van der Waals surface area contributed by atoms with Gasteiger partial charge in [-0.15, -0.1) is 0 Å². The molecule has 0 aromatic carbocycles. The second-order valence-electron chi connectivity index (χ2n) is 12.3. The lowest BCUT2D eigenvalue weighted by atomic mass is 9.46. The summed E-state index contributed by atoms with van der Waals surface area (Å²) in [7, 11) is 0. The second-order valence-corrected chi connectivity index (χ2v) is 12.3. The molecule has 0 aromatic heterocycles. The van der Waals surface area contributed by atoms with Gasteiger partial charge in [0.1, 0.15) is 0 Å². The Balaban J connectivity index is 1.49. The number of hydrogen-bond donors (Lipinski definition) is 1. The lowest BCUT2D eigenvalue weighted by Crippen LogP contribution is -2.51. The summed E-state index contributed by atoms with van der Waals surface area (Å²) in [5.74, 6) is 5.53. The van der Waals surface area contributed by atoms with Crippen molar-refractivity contribution < 1.29 is 0 Å². The fourth-order valence-corrected chi connectivity index (χ4v) is 8.84. The second kappa shape index (κ2) is 8.12. The quantitative estimate of drug-likeness (QED) is 0.344. The minimum Gasteiger partial charge on any atom is -0.209 e. The molecule has 0 radical (unpaired) electrons. The van der Waals surface area contributed by atoms with Crippen LogP contribution in [0.1, 0.15) is 105 Å². The molecule has 3 fully saturated rings. The van der Waals surface area contributed by atoms with Crippen molar-refractivity contribution in [2.24, 2.45) is 51.5 Å². The van der Waals surface area contributed by atoms with Crippen LogP contribution in [-0.4, -0.2) is 6.04 Å². The van der Waals surface area contributed by atoms with Gasteiger partial charge in [-0.05, 0) is 97.7 Å². The first-order chi connectivity index (χ1) is 13.8. The minimum absolute atomic E-state index is 0.172. The molecule has 3 saturated carbocycles. The first-order valence-corrected chi connectivity index (χ1v) is 12.9. The fourth-order valence-electron chi connectivity index (χ4n) is 8.84. The summed E-state index contributed by atoms with van der Waals surface area (Å²) < 4.78 is 0. The summed E-state index contributed by atoms with van der Waals surface area (Å²) in [5.41, 5.74) is 10.2. The monoisotopic (exact) mass is 398 g/mol. The van der Waals surface area contributed by atoms with Crippen molar-refractivity contribution in [3.05, 3.63) is 11.6 Å². The van der Waals surface area contributed by atoms with E-state index in [9.17, 15) is 0 Å². The summed E-state index contributed by atoms with van der Waals surface area (Å²) in [4.78, 5) is 0. The summed E-state index contributed by atoms with van der Waals surface area (Å²) in [6.45, 7) is 12.6. The number of rotatable bonds is 6. The highest BCUT2D eigenvalue weighted by Crippen LogP contribution is 2.67. The Hall–Kier alpha value is -0.660. The average Bonchev–Trinajstić information content (AvgIpc) is 3.04. The SMILES string of the molecule is CC(C)CCC[C@@H](C)[C@H]1CC[C@H]2[C@@H]3CCC4=C[C@H](N=N)CC[C@]4(C)[C@H]3CC[C@]12C. The largest absolute Gasteiger partial charge is 0.209 e. The van der Waals surface area contributed by atoms with Crippen molar-refractivity contribution in [1.29, 1.82) is 5.53 Å². The van der Waals surface area contributed by atoms with Gasteiger partial charge in [-0.2, -0.15) is 5.11 Å². The molecule has 0 heterocycles. The number of nitrogens with one attached hydrogen (secondary N) is 1. The normalized spacial score (nSPS) is 45.2. The van der Waals surface area contributed by atoms with Crippen LogP contribution in [0.15, 0.2) is 16.8 Å². The molecule has 2 nitrogen and oxygen atoms in total. The standard InChI is InChI=1S/C27H46N2/c1-18(2)7-6-8-19(3)23-11-12-24-22-10-9-20-17-21(29-28)13-15-26(20,4)25(22)14-16-27(23,24)5/h17-19,21-25,28H,6-16H2,1-5H3/t19-,21-,22+,23-,24+,25+,26+,27-/m1/s1. The molecule has 0 aliphatic heterocycles. The Bertz CT molecular complexity index is 636. The zero-order chi connectivity index (χ0) is 20.8. The average molecular weight is 399 g/mol. The van der Waals surface area contributed by atoms with Crippen molar-refractivity contribution in [3.8, 4) is 0 Å². The zero-order valence-electron chi connectivity index (χ0n) is 19.8. The predicted octanol–water partition coefficient (Wildman–Crippen LogP) is 8.43. The summed E-state index contributed by atoms with van der Waals surface area (Å²) in [6, 6.07) is 0.172. The van der Waals surface area contributed by atoms with Crippen LogP contribution >= 0.6 is 0 Å². The van der Waals surface area contributed by atoms with Gasteiger partial charge >= 0.3 is 0 Å². The Kier molecular flexibility index (Phi) is 6.04. The van der Waals surface area contributed by atoms with E-state index >= 15 is 0 Å². The number of allylic oxidation sites excluding steroid dienone is 1. The van der Waals surface area contributed by atoms with Crippen molar-refractivity contribution in [2.45, 2.75) is 111 Å². The fraction of sp³-hybridized carbons (Fsp3) is 0.926. The molecular formula is C27H46N2. The molecule has 8 atom stereocenters. The third-order valence-electron chi connectivity index (χ3n) is 10.5. The van der Waals surface area contributed by atoms with Crippen LogP contribution in [0.5, 0.6) is 0 Å². The van der Waals surface area contributed by atoms with E-state index in [0.717, 1.165) is 41.9 Å². The molecule has 0 bridgehead atoms. The van der Waals surface area contributed by atoms with Crippen LogP contribution < -0.4 is 0 Å². The van der Waals surface area contributed by atoms with Crippen LogP contribution in [-0.2, 0) is 0 Å². The van der Waals surface area contributed by atoms with E-state index in [2.05, 4.69) is 45.8 Å². The van der Waals surface area contributed by atoms with Crippen molar-refractivity contribution in [1.82, 2.24) is 0 Å². The lowest BCUT2D eigenvalue weighted by molar-refractivity contribution is -0.0597.